The molecule has 1 spiro atoms. The van der Waals surface area contributed by atoms with Crippen molar-refractivity contribution in [1.29, 1.82) is 0 Å². The first-order valence-electron chi connectivity index (χ1n) is 8.96. The molecule has 2 fully saturated rings. The van der Waals surface area contributed by atoms with Crippen LogP contribution in [0.5, 0.6) is 0 Å². The monoisotopic (exact) mass is 381 g/mol. The van der Waals surface area contributed by atoms with E-state index >= 15 is 0 Å². The first-order chi connectivity index (χ1) is 12.0. The first-order valence-corrected chi connectivity index (χ1v) is 10.4. The van der Waals surface area contributed by atoms with E-state index < -0.39 is 15.7 Å². The standard InChI is InChI=1S/C19H27NO5S/c1-14-5-7-16(8-6-14)26(22,23)25-15-9-10-19(11-15)12-20(13-19)17(21)24-18(2,3)4/h5-8,15H,9-13H2,1-4H3. The maximum Gasteiger partial charge on any atom is 0.410 e. The Balaban J connectivity index is 1.55. The van der Waals surface area contributed by atoms with Gasteiger partial charge in [0.15, 0.2) is 0 Å². The molecule has 144 valence electrons. The Kier molecular flexibility index (Phi) is 4.82. The molecule has 0 aromatic heterocycles. The average molecular weight is 381 g/mol. The fourth-order valence-corrected chi connectivity index (χ4v) is 4.79. The fraction of sp³-hybridized carbons (Fsp3) is 0.632. The molecule has 1 atom stereocenters. The van der Waals surface area contributed by atoms with E-state index in [1.54, 1.807) is 29.2 Å². The van der Waals surface area contributed by atoms with E-state index in [0.717, 1.165) is 12.0 Å². The number of hydrogen-bond donors (Lipinski definition) is 0. The largest absolute Gasteiger partial charge is 0.444 e. The Morgan fingerprint density at radius 2 is 1.81 bits per heavy atom. The van der Waals surface area contributed by atoms with Gasteiger partial charge in [0.25, 0.3) is 10.1 Å². The zero-order valence-corrected chi connectivity index (χ0v) is 16.6. The molecule has 7 heteroatoms. The van der Waals surface area contributed by atoms with Crippen molar-refractivity contribution in [2.45, 2.75) is 63.6 Å². The SMILES string of the molecule is Cc1ccc(S(=O)(=O)OC2CCC3(C2)CN(C(=O)OC(C)(C)C)C3)cc1. The molecule has 0 bridgehead atoms. The summed E-state index contributed by atoms with van der Waals surface area (Å²) in [5, 5.41) is 0. The summed E-state index contributed by atoms with van der Waals surface area (Å²) < 4.78 is 35.7. The molecule has 1 aliphatic carbocycles. The molecule has 2 aliphatic rings. The molecule has 26 heavy (non-hydrogen) atoms. The number of rotatable bonds is 3. The summed E-state index contributed by atoms with van der Waals surface area (Å²) in [4.78, 5) is 14.0. The van der Waals surface area contributed by atoms with Crippen LogP contribution >= 0.6 is 0 Å². The van der Waals surface area contributed by atoms with E-state index in [1.165, 1.54) is 0 Å². The van der Waals surface area contributed by atoms with Crippen molar-refractivity contribution in [3.8, 4) is 0 Å². The van der Waals surface area contributed by atoms with Crippen molar-refractivity contribution < 1.29 is 22.1 Å². The van der Waals surface area contributed by atoms with Crippen LogP contribution in [0.15, 0.2) is 29.2 Å². The van der Waals surface area contributed by atoms with Gasteiger partial charge in [-0.25, -0.2) is 4.79 Å². The van der Waals surface area contributed by atoms with Crippen LogP contribution in [0.3, 0.4) is 0 Å². The summed E-state index contributed by atoms with van der Waals surface area (Å²) in [6, 6.07) is 6.67. The van der Waals surface area contributed by atoms with Crippen molar-refractivity contribution in [1.82, 2.24) is 4.90 Å². The maximum absolute atomic E-state index is 12.4. The van der Waals surface area contributed by atoms with Crippen molar-refractivity contribution in [3.63, 3.8) is 0 Å². The predicted octanol–water partition coefficient (Wildman–Crippen LogP) is 3.49. The van der Waals surface area contributed by atoms with Gasteiger partial charge in [-0.15, -0.1) is 0 Å². The highest BCUT2D eigenvalue weighted by Crippen LogP contribution is 2.47. The zero-order valence-electron chi connectivity index (χ0n) is 15.8. The van der Waals surface area contributed by atoms with Gasteiger partial charge in [0, 0.05) is 18.5 Å². The Morgan fingerprint density at radius 1 is 1.19 bits per heavy atom. The third kappa shape index (κ3) is 4.20. The number of hydrogen-bond acceptors (Lipinski definition) is 5. The van der Waals surface area contributed by atoms with E-state index in [0.29, 0.717) is 25.9 Å². The van der Waals surface area contributed by atoms with Gasteiger partial charge in [0.05, 0.1) is 11.0 Å². The summed E-state index contributed by atoms with van der Waals surface area (Å²) in [6.45, 7) is 8.64. The zero-order chi connectivity index (χ0) is 19.2. The van der Waals surface area contributed by atoms with Gasteiger partial charge in [0.1, 0.15) is 5.60 Å². The summed E-state index contributed by atoms with van der Waals surface area (Å²) in [7, 11) is -3.75. The molecule has 1 aromatic rings. The lowest BCUT2D eigenvalue weighted by atomic mass is 9.78. The van der Waals surface area contributed by atoms with E-state index in [2.05, 4.69) is 0 Å². The summed E-state index contributed by atoms with van der Waals surface area (Å²) in [5.74, 6) is 0. The number of nitrogens with zero attached hydrogens (tertiary/aromatic N) is 1. The molecule has 1 aliphatic heterocycles. The average Bonchev–Trinajstić information content (AvgIpc) is 2.87. The predicted molar refractivity (Wildman–Crippen MR) is 97.3 cm³/mol. The van der Waals surface area contributed by atoms with Crippen LogP contribution in [-0.4, -0.2) is 44.2 Å². The highest BCUT2D eigenvalue weighted by atomic mass is 32.2. The van der Waals surface area contributed by atoms with E-state index in [4.69, 9.17) is 8.92 Å². The molecule has 1 heterocycles. The lowest BCUT2D eigenvalue weighted by Crippen LogP contribution is -2.58. The normalized spacial score (nSPS) is 22.3. The Hall–Kier alpha value is -1.60. The van der Waals surface area contributed by atoms with Gasteiger partial charge in [-0.05, 0) is 59.1 Å². The van der Waals surface area contributed by atoms with Gasteiger partial charge in [-0.2, -0.15) is 8.42 Å². The molecular formula is C19H27NO5S. The topological polar surface area (TPSA) is 72.9 Å². The quantitative estimate of drug-likeness (QED) is 0.750. The van der Waals surface area contributed by atoms with Crippen LogP contribution in [0.4, 0.5) is 4.79 Å². The number of carbonyl (C=O) groups is 1. The van der Waals surface area contributed by atoms with E-state index in [1.807, 2.05) is 27.7 Å². The van der Waals surface area contributed by atoms with Gasteiger partial charge >= 0.3 is 6.09 Å². The second-order valence-corrected chi connectivity index (χ2v) is 10.1. The minimum absolute atomic E-state index is 0.0373. The molecule has 6 nitrogen and oxygen atoms in total. The first kappa shape index (κ1) is 19.2. The minimum atomic E-state index is -3.75. The minimum Gasteiger partial charge on any atom is -0.444 e. The van der Waals surface area contributed by atoms with Crippen molar-refractivity contribution in [3.05, 3.63) is 29.8 Å². The van der Waals surface area contributed by atoms with Crippen LogP contribution < -0.4 is 0 Å². The third-order valence-electron chi connectivity index (χ3n) is 4.93. The molecule has 1 saturated heterocycles. The van der Waals surface area contributed by atoms with Crippen molar-refractivity contribution in [2.75, 3.05) is 13.1 Å². The number of aryl methyl sites for hydroxylation is 1. The van der Waals surface area contributed by atoms with Crippen molar-refractivity contribution >= 4 is 16.2 Å². The third-order valence-corrected chi connectivity index (χ3v) is 6.31. The molecule has 1 aromatic carbocycles. The Morgan fingerprint density at radius 3 is 2.38 bits per heavy atom. The number of benzene rings is 1. The lowest BCUT2D eigenvalue weighted by molar-refractivity contribution is -0.0349. The van der Waals surface area contributed by atoms with E-state index in [9.17, 15) is 13.2 Å². The number of likely N-dealkylation sites (tertiary alicyclic amines) is 1. The molecule has 1 amide bonds. The van der Waals surface area contributed by atoms with Gasteiger partial charge < -0.3 is 9.64 Å². The van der Waals surface area contributed by atoms with Crippen molar-refractivity contribution in [2.24, 2.45) is 5.41 Å². The second kappa shape index (κ2) is 6.53. The summed E-state index contributed by atoms with van der Waals surface area (Å²) in [6.07, 6.45) is 1.56. The highest BCUT2D eigenvalue weighted by Gasteiger charge is 2.51. The second-order valence-electron chi connectivity index (χ2n) is 8.56. The number of ether oxygens (including phenoxy) is 1. The fourth-order valence-electron chi connectivity index (χ4n) is 3.68. The summed E-state index contributed by atoms with van der Waals surface area (Å²) in [5.41, 5.74) is 0.452. The Bertz CT molecular complexity index is 773. The van der Waals surface area contributed by atoms with Crippen LogP contribution in [0, 0.1) is 12.3 Å². The smallest absolute Gasteiger partial charge is 0.410 e. The van der Waals surface area contributed by atoms with Gasteiger partial charge in [-0.1, -0.05) is 17.7 Å². The molecule has 0 radical (unpaired) electrons. The highest BCUT2D eigenvalue weighted by molar-refractivity contribution is 7.86. The summed E-state index contributed by atoms with van der Waals surface area (Å²) >= 11 is 0. The number of amides is 1. The van der Waals surface area contributed by atoms with Gasteiger partial charge in [0.2, 0.25) is 0 Å². The van der Waals surface area contributed by atoms with Crippen LogP contribution in [0.1, 0.15) is 45.6 Å². The molecule has 1 unspecified atom stereocenters. The van der Waals surface area contributed by atoms with Crippen LogP contribution in [0.25, 0.3) is 0 Å². The molecule has 0 N–H and O–H groups in total. The Labute approximate surface area is 155 Å². The molecule has 1 saturated carbocycles. The molecule has 3 rings (SSSR count). The molecular weight excluding hydrogens is 354 g/mol. The van der Waals surface area contributed by atoms with Crippen LogP contribution in [-0.2, 0) is 19.0 Å². The van der Waals surface area contributed by atoms with Crippen LogP contribution in [0.2, 0.25) is 0 Å². The van der Waals surface area contributed by atoms with Gasteiger partial charge in [-0.3, -0.25) is 4.18 Å². The number of carbonyl (C=O) groups excluding carboxylic acids is 1. The maximum atomic E-state index is 12.4. The van der Waals surface area contributed by atoms with E-state index in [-0.39, 0.29) is 22.5 Å². The lowest BCUT2D eigenvalue weighted by Gasteiger charge is -2.48.